The van der Waals surface area contributed by atoms with Crippen molar-refractivity contribution in [1.29, 1.82) is 0 Å². The second-order valence-electron chi connectivity index (χ2n) is 3.64. The minimum atomic E-state index is -0.774. The van der Waals surface area contributed by atoms with Crippen LogP contribution in [0, 0.1) is 5.92 Å². The fourth-order valence-electron chi connectivity index (χ4n) is 1.70. The number of halogens is 1. The first-order valence-corrected chi connectivity index (χ1v) is 6.88. The van der Waals surface area contributed by atoms with Gasteiger partial charge in [-0.05, 0) is 33.3 Å². The average Bonchev–Trinajstić information content (AvgIpc) is 2.65. The maximum atomic E-state index is 10.0. The Morgan fingerprint density at radius 3 is 2.33 bits per heavy atom. The van der Waals surface area contributed by atoms with Crippen LogP contribution in [0.3, 0.4) is 0 Å². The van der Waals surface area contributed by atoms with Crippen molar-refractivity contribution in [1.82, 2.24) is 0 Å². The topological polar surface area (TPSA) is 40.5 Å². The van der Waals surface area contributed by atoms with E-state index in [4.69, 9.17) is 0 Å². The van der Waals surface area contributed by atoms with E-state index in [1.54, 1.807) is 0 Å². The van der Waals surface area contributed by atoms with Crippen molar-refractivity contribution in [2.75, 3.05) is 0 Å². The van der Waals surface area contributed by atoms with Crippen LogP contribution in [0.5, 0.6) is 0 Å². The normalized spacial score (nSPS) is 15.6. The standard InChI is InChI=1S/C11H17BrO2S/c1-3-7(4-2)9(13)10(14)11-8(12)5-6-15-11/h5-7,9-10,13-14H,3-4H2,1-2H3. The van der Waals surface area contributed by atoms with Gasteiger partial charge in [-0.1, -0.05) is 26.7 Å². The van der Waals surface area contributed by atoms with Gasteiger partial charge >= 0.3 is 0 Å². The zero-order valence-electron chi connectivity index (χ0n) is 8.98. The van der Waals surface area contributed by atoms with Crippen molar-refractivity contribution in [2.24, 2.45) is 5.92 Å². The van der Waals surface area contributed by atoms with E-state index in [1.165, 1.54) is 11.3 Å². The van der Waals surface area contributed by atoms with Gasteiger partial charge in [0.1, 0.15) is 6.10 Å². The maximum absolute atomic E-state index is 10.0. The van der Waals surface area contributed by atoms with E-state index in [-0.39, 0.29) is 5.92 Å². The van der Waals surface area contributed by atoms with Gasteiger partial charge in [-0.3, -0.25) is 0 Å². The molecule has 0 radical (unpaired) electrons. The van der Waals surface area contributed by atoms with Crippen molar-refractivity contribution >= 4 is 27.3 Å². The molecule has 1 aromatic heterocycles. The molecule has 2 atom stereocenters. The minimum absolute atomic E-state index is 0.161. The fourth-order valence-corrected chi connectivity index (χ4v) is 3.33. The Kier molecular flexibility index (Phi) is 5.26. The Labute approximate surface area is 103 Å². The van der Waals surface area contributed by atoms with Gasteiger partial charge in [0.25, 0.3) is 0 Å². The molecule has 0 bridgehead atoms. The number of aliphatic hydroxyl groups excluding tert-OH is 2. The van der Waals surface area contributed by atoms with Crippen LogP contribution in [0.25, 0.3) is 0 Å². The number of hydrogen-bond acceptors (Lipinski definition) is 3. The van der Waals surface area contributed by atoms with E-state index < -0.39 is 12.2 Å². The van der Waals surface area contributed by atoms with E-state index in [9.17, 15) is 10.2 Å². The molecule has 0 fully saturated rings. The van der Waals surface area contributed by atoms with Gasteiger partial charge in [0.15, 0.2) is 0 Å². The molecule has 1 aromatic rings. The molecule has 2 nitrogen and oxygen atoms in total. The van der Waals surface area contributed by atoms with Crippen LogP contribution in [-0.4, -0.2) is 16.3 Å². The lowest BCUT2D eigenvalue weighted by Crippen LogP contribution is -2.26. The quantitative estimate of drug-likeness (QED) is 0.874. The lowest BCUT2D eigenvalue weighted by molar-refractivity contribution is -0.0194. The van der Waals surface area contributed by atoms with Gasteiger partial charge < -0.3 is 10.2 Å². The summed E-state index contributed by atoms with van der Waals surface area (Å²) in [4.78, 5) is 0.814. The molecule has 0 aliphatic carbocycles. The van der Waals surface area contributed by atoms with E-state index in [1.807, 2.05) is 25.3 Å². The van der Waals surface area contributed by atoms with Gasteiger partial charge in [0.2, 0.25) is 0 Å². The predicted octanol–water partition coefficient (Wildman–Crippen LogP) is 3.34. The Morgan fingerprint density at radius 1 is 1.33 bits per heavy atom. The highest BCUT2D eigenvalue weighted by atomic mass is 79.9. The number of thiophene rings is 1. The summed E-state index contributed by atoms with van der Waals surface area (Å²) in [5, 5.41) is 21.9. The molecular formula is C11H17BrO2S. The van der Waals surface area contributed by atoms with Crippen molar-refractivity contribution in [2.45, 2.75) is 38.9 Å². The number of rotatable bonds is 5. The first-order valence-electron chi connectivity index (χ1n) is 5.20. The Balaban J connectivity index is 2.76. The van der Waals surface area contributed by atoms with Crippen LogP contribution in [0.2, 0.25) is 0 Å². The third kappa shape index (κ3) is 3.03. The van der Waals surface area contributed by atoms with Gasteiger partial charge in [-0.15, -0.1) is 11.3 Å². The van der Waals surface area contributed by atoms with Crippen LogP contribution >= 0.6 is 27.3 Å². The minimum Gasteiger partial charge on any atom is -0.390 e. The highest BCUT2D eigenvalue weighted by Crippen LogP contribution is 2.34. The highest BCUT2D eigenvalue weighted by Gasteiger charge is 2.27. The largest absolute Gasteiger partial charge is 0.390 e. The second-order valence-corrected chi connectivity index (χ2v) is 5.45. The van der Waals surface area contributed by atoms with Crippen molar-refractivity contribution in [3.63, 3.8) is 0 Å². The third-order valence-corrected chi connectivity index (χ3v) is 4.71. The summed E-state index contributed by atoms with van der Waals surface area (Å²) in [6.07, 6.45) is 0.328. The molecule has 0 aliphatic rings. The van der Waals surface area contributed by atoms with E-state index in [0.717, 1.165) is 22.2 Å². The van der Waals surface area contributed by atoms with Crippen molar-refractivity contribution in [3.05, 3.63) is 20.8 Å². The van der Waals surface area contributed by atoms with Crippen LogP contribution in [0.15, 0.2) is 15.9 Å². The third-order valence-electron chi connectivity index (χ3n) is 2.77. The Morgan fingerprint density at radius 2 is 1.93 bits per heavy atom. The lowest BCUT2D eigenvalue weighted by atomic mass is 9.92. The summed E-state index contributed by atoms with van der Waals surface area (Å²) in [5.41, 5.74) is 0. The molecule has 0 amide bonds. The van der Waals surface area contributed by atoms with Gasteiger partial charge in [0, 0.05) is 9.35 Å². The van der Waals surface area contributed by atoms with Crippen LogP contribution < -0.4 is 0 Å². The van der Waals surface area contributed by atoms with E-state index >= 15 is 0 Å². The van der Waals surface area contributed by atoms with Gasteiger partial charge in [-0.25, -0.2) is 0 Å². The molecule has 0 saturated heterocycles. The Hall–Kier alpha value is 0.100. The van der Waals surface area contributed by atoms with E-state index in [0.29, 0.717) is 0 Å². The highest BCUT2D eigenvalue weighted by molar-refractivity contribution is 9.10. The first-order chi connectivity index (χ1) is 7.11. The molecule has 2 N–H and O–H groups in total. The molecule has 86 valence electrons. The fraction of sp³-hybridized carbons (Fsp3) is 0.636. The summed E-state index contributed by atoms with van der Waals surface area (Å²) in [5.74, 6) is 0.161. The average molecular weight is 293 g/mol. The lowest BCUT2D eigenvalue weighted by Gasteiger charge is -2.24. The molecule has 0 spiro atoms. The predicted molar refractivity (Wildman–Crippen MR) is 67.1 cm³/mol. The number of hydrogen-bond donors (Lipinski definition) is 2. The zero-order chi connectivity index (χ0) is 11.4. The molecule has 0 aliphatic heterocycles. The summed E-state index contributed by atoms with van der Waals surface area (Å²) in [6.45, 7) is 4.07. The molecule has 0 saturated carbocycles. The smallest absolute Gasteiger partial charge is 0.115 e. The number of aliphatic hydroxyl groups is 2. The monoisotopic (exact) mass is 292 g/mol. The Bertz CT molecular complexity index is 297. The van der Waals surface area contributed by atoms with Gasteiger partial charge in [-0.2, -0.15) is 0 Å². The first kappa shape index (κ1) is 13.2. The molecule has 1 rings (SSSR count). The van der Waals surface area contributed by atoms with Crippen LogP contribution in [0.4, 0.5) is 0 Å². The molecule has 2 unspecified atom stereocenters. The molecule has 0 aromatic carbocycles. The summed E-state index contributed by atoms with van der Waals surface area (Å²) in [7, 11) is 0. The van der Waals surface area contributed by atoms with Gasteiger partial charge in [0.05, 0.1) is 6.10 Å². The van der Waals surface area contributed by atoms with Crippen molar-refractivity contribution in [3.8, 4) is 0 Å². The van der Waals surface area contributed by atoms with Crippen LogP contribution in [0.1, 0.15) is 37.7 Å². The molecule has 4 heteroatoms. The zero-order valence-corrected chi connectivity index (χ0v) is 11.4. The maximum Gasteiger partial charge on any atom is 0.115 e. The molecule has 15 heavy (non-hydrogen) atoms. The SMILES string of the molecule is CCC(CC)C(O)C(O)c1sccc1Br. The summed E-state index contributed by atoms with van der Waals surface area (Å²) in [6, 6.07) is 1.89. The summed E-state index contributed by atoms with van der Waals surface area (Å²) < 4.78 is 0.880. The molecule has 1 heterocycles. The summed E-state index contributed by atoms with van der Waals surface area (Å²) >= 11 is 4.83. The van der Waals surface area contributed by atoms with Crippen LogP contribution in [-0.2, 0) is 0 Å². The van der Waals surface area contributed by atoms with E-state index in [2.05, 4.69) is 15.9 Å². The van der Waals surface area contributed by atoms with Crippen molar-refractivity contribution < 1.29 is 10.2 Å². The second kappa shape index (κ2) is 5.99. The molecular weight excluding hydrogens is 276 g/mol.